The summed E-state index contributed by atoms with van der Waals surface area (Å²) in [5.41, 5.74) is 1.15. The maximum atomic E-state index is 13.9. The van der Waals surface area contributed by atoms with Gasteiger partial charge in [0.25, 0.3) is 5.91 Å². The smallest absolute Gasteiger partial charge is 0.254 e. The van der Waals surface area contributed by atoms with E-state index < -0.39 is 17.8 Å². The highest BCUT2D eigenvalue weighted by atomic mass is 19.1. The van der Waals surface area contributed by atoms with Gasteiger partial charge in [-0.3, -0.25) is 9.59 Å². The molecule has 1 heterocycles. The number of nitrogens with zero attached hydrogens (tertiary/aromatic N) is 1. The van der Waals surface area contributed by atoms with E-state index in [1.807, 2.05) is 30.9 Å². The molecule has 0 saturated carbocycles. The lowest BCUT2D eigenvalue weighted by molar-refractivity contribution is -0.135. The lowest BCUT2D eigenvalue weighted by Crippen LogP contribution is -2.53. The number of rotatable bonds is 7. The predicted octanol–water partition coefficient (Wildman–Crippen LogP) is 4.16. The molecule has 3 rings (SSSR count). The highest BCUT2D eigenvalue weighted by Crippen LogP contribution is 2.24. The molecule has 0 spiro atoms. The van der Waals surface area contributed by atoms with E-state index in [2.05, 4.69) is 5.32 Å². The maximum Gasteiger partial charge on any atom is 0.254 e. The van der Waals surface area contributed by atoms with Gasteiger partial charge in [-0.1, -0.05) is 38.1 Å². The molecule has 5 nitrogen and oxygen atoms in total. The number of aryl methyl sites for hydroxylation is 1. The number of piperidine rings is 1. The molecule has 2 aromatic carbocycles. The lowest BCUT2D eigenvalue weighted by atomic mass is 9.90. The fourth-order valence-corrected chi connectivity index (χ4v) is 4.05. The van der Waals surface area contributed by atoms with Crippen LogP contribution in [0.15, 0.2) is 48.5 Å². The molecule has 6 heteroatoms. The summed E-state index contributed by atoms with van der Waals surface area (Å²) in [5.74, 6) is -0.536. The minimum atomic E-state index is -0.680. The monoisotopic (exact) mass is 426 g/mol. The minimum absolute atomic E-state index is 0.0473. The first-order chi connectivity index (χ1) is 14.8. The van der Waals surface area contributed by atoms with Gasteiger partial charge in [-0.15, -0.1) is 0 Å². The summed E-state index contributed by atoms with van der Waals surface area (Å²) in [6, 6.07) is 12.4. The largest absolute Gasteiger partial charge is 0.508 e. The Morgan fingerprint density at radius 1 is 1.10 bits per heavy atom. The van der Waals surface area contributed by atoms with Gasteiger partial charge in [-0.2, -0.15) is 0 Å². The van der Waals surface area contributed by atoms with Gasteiger partial charge in [0, 0.05) is 13.1 Å². The third-order valence-electron chi connectivity index (χ3n) is 6.04. The number of hydrogen-bond donors (Lipinski definition) is 2. The van der Waals surface area contributed by atoms with Gasteiger partial charge in [-0.05, 0) is 67.3 Å². The molecule has 0 aromatic heterocycles. The van der Waals surface area contributed by atoms with Crippen LogP contribution >= 0.6 is 0 Å². The zero-order chi connectivity index (χ0) is 22.4. The number of amides is 2. The molecule has 0 radical (unpaired) electrons. The highest BCUT2D eigenvalue weighted by Gasteiger charge is 2.31. The second-order valence-electron chi connectivity index (χ2n) is 8.65. The van der Waals surface area contributed by atoms with Crippen LogP contribution in [-0.2, 0) is 11.2 Å². The number of carbonyl (C=O) groups is 2. The fraction of sp³-hybridized carbons (Fsp3) is 0.440. The summed E-state index contributed by atoms with van der Waals surface area (Å²) in [7, 11) is 0. The molecule has 0 aliphatic carbocycles. The van der Waals surface area contributed by atoms with Crippen LogP contribution in [0.3, 0.4) is 0 Å². The van der Waals surface area contributed by atoms with E-state index in [0.29, 0.717) is 19.0 Å². The van der Waals surface area contributed by atoms with Gasteiger partial charge >= 0.3 is 0 Å². The topological polar surface area (TPSA) is 69.6 Å². The Hall–Kier alpha value is -2.89. The van der Waals surface area contributed by atoms with Crippen molar-refractivity contribution in [3.63, 3.8) is 0 Å². The standard InChI is InChI=1S/C25H31FN2O3/c1-17(2)23(27-24(30)21-5-3-4-6-22(21)26)25(31)28-15-13-19(14-16-28)8-7-18-9-11-20(29)12-10-18/h3-6,9-12,17,19,23,29H,7-8,13-16H2,1-2H3,(H,27,30)/t23-/m1/s1. The maximum absolute atomic E-state index is 13.9. The lowest BCUT2D eigenvalue weighted by Gasteiger charge is -2.35. The van der Waals surface area contributed by atoms with Crippen molar-refractivity contribution in [2.24, 2.45) is 11.8 Å². The Morgan fingerprint density at radius 3 is 2.35 bits per heavy atom. The molecule has 0 unspecified atom stereocenters. The van der Waals surface area contributed by atoms with Crippen molar-refractivity contribution in [2.45, 2.75) is 45.6 Å². The molecule has 1 aliphatic heterocycles. The molecule has 166 valence electrons. The number of phenols is 1. The van der Waals surface area contributed by atoms with Gasteiger partial charge in [-0.25, -0.2) is 4.39 Å². The van der Waals surface area contributed by atoms with Gasteiger partial charge in [0.1, 0.15) is 17.6 Å². The normalized spacial score (nSPS) is 15.7. The van der Waals surface area contributed by atoms with Crippen molar-refractivity contribution in [3.05, 3.63) is 65.5 Å². The Labute approximate surface area is 183 Å². The second-order valence-corrected chi connectivity index (χ2v) is 8.65. The van der Waals surface area contributed by atoms with Gasteiger partial charge in [0.2, 0.25) is 5.91 Å². The van der Waals surface area contributed by atoms with Crippen LogP contribution in [0.1, 0.15) is 49.0 Å². The number of halogens is 1. The molecule has 1 fully saturated rings. The molecular formula is C25H31FN2O3. The third kappa shape index (κ3) is 6.06. The fourth-order valence-electron chi connectivity index (χ4n) is 4.05. The molecule has 1 aliphatic rings. The molecule has 1 saturated heterocycles. The molecule has 31 heavy (non-hydrogen) atoms. The van der Waals surface area contributed by atoms with Crippen LogP contribution < -0.4 is 5.32 Å². The number of nitrogens with one attached hydrogen (secondary N) is 1. The number of hydrogen-bond acceptors (Lipinski definition) is 3. The molecule has 2 N–H and O–H groups in total. The van der Waals surface area contributed by atoms with E-state index in [1.54, 1.807) is 18.2 Å². The zero-order valence-electron chi connectivity index (χ0n) is 18.2. The number of aromatic hydroxyl groups is 1. The number of phenolic OH excluding ortho intramolecular Hbond substituents is 1. The van der Waals surface area contributed by atoms with Crippen LogP contribution in [0.4, 0.5) is 4.39 Å². The van der Waals surface area contributed by atoms with Crippen LogP contribution in [0.5, 0.6) is 5.75 Å². The number of likely N-dealkylation sites (tertiary alicyclic amines) is 1. The van der Waals surface area contributed by atoms with E-state index in [1.165, 1.54) is 23.8 Å². The average molecular weight is 427 g/mol. The average Bonchev–Trinajstić information content (AvgIpc) is 2.77. The van der Waals surface area contributed by atoms with Crippen molar-refractivity contribution < 1.29 is 19.1 Å². The van der Waals surface area contributed by atoms with E-state index >= 15 is 0 Å². The van der Waals surface area contributed by atoms with E-state index in [0.717, 1.165) is 25.7 Å². The van der Waals surface area contributed by atoms with Crippen molar-refractivity contribution in [1.29, 1.82) is 0 Å². The highest BCUT2D eigenvalue weighted by molar-refractivity contribution is 5.97. The van der Waals surface area contributed by atoms with Crippen LogP contribution in [-0.4, -0.2) is 41.0 Å². The van der Waals surface area contributed by atoms with E-state index in [-0.39, 0.29) is 23.1 Å². The minimum Gasteiger partial charge on any atom is -0.508 e. The molecule has 1 atom stereocenters. The quantitative estimate of drug-likeness (QED) is 0.699. The van der Waals surface area contributed by atoms with E-state index in [9.17, 15) is 19.1 Å². The Morgan fingerprint density at radius 2 is 1.74 bits per heavy atom. The van der Waals surface area contributed by atoms with Crippen LogP contribution in [0.2, 0.25) is 0 Å². The SMILES string of the molecule is CC(C)[C@@H](NC(=O)c1ccccc1F)C(=O)N1CCC(CCc2ccc(O)cc2)CC1. The molecule has 2 amide bonds. The Balaban J connectivity index is 1.53. The van der Waals surface area contributed by atoms with Crippen molar-refractivity contribution in [2.75, 3.05) is 13.1 Å². The first kappa shape index (κ1) is 22.8. The third-order valence-corrected chi connectivity index (χ3v) is 6.04. The first-order valence-corrected chi connectivity index (χ1v) is 11.0. The van der Waals surface area contributed by atoms with Gasteiger partial charge in [0.05, 0.1) is 5.56 Å². The van der Waals surface area contributed by atoms with Crippen molar-refractivity contribution in [3.8, 4) is 5.75 Å². The van der Waals surface area contributed by atoms with Crippen LogP contribution in [0, 0.1) is 17.7 Å². The van der Waals surface area contributed by atoms with Crippen LogP contribution in [0.25, 0.3) is 0 Å². The summed E-state index contributed by atoms with van der Waals surface area (Å²) in [5, 5.41) is 12.1. The molecule has 0 bridgehead atoms. The zero-order valence-corrected chi connectivity index (χ0v) is 18.2. The summed E-state index contributed by atoms with van der Waals surface area (Å²) < 4.78 is 13.9. The number of benzene rings is 2. The van der Waals surface area contributed by atoms with Crippen molar-refractivity contribution >= 4 is 11.8 Å². The summed E-state index contributed by atoms with van der Waals surface area (Å²) >= 11 is 0. The van der Waals surface area contributed by atoms with Gasteiger partial charge in [0.15, 0.2) is 0 Å². The Bertz CT molecular complexity index is 890. The first-order valence-electron chi connectivity index (χ1n) is 11.0. The van der Waals surface area contributed by atoms with Crippen molar-refractivity contribution in [1.82, 2.24) is 10.2 Å². The summed E-state index contributed by atoms with van der Waals surface area (Å²) in [4.78, 5) is 27.4. The molecular weight excluding hydrogens is 395 g/mol. The van der Waals surface area contributed by atoms with Gasteiger partial charge < -0.3 is 15.3 Å². The summed E-state index contributed by atoms with van der Waals surface area (Å²) in [6.07, 6.45) is 3.85. The Kier molecular flexibility index (Phi) is 7.66. The predicted molar refractivity (Wildman–Crippen MR) is 118 cm³/mol. The second kappa shape index (κ2) is 10.4. The van der Waals surface area contributed by atoms with E-state index in [4.69, 9.17) is 0 Å². The summed E-state index contributed by atoms with van der Waals surface area (Å²) in [6.45, 7) is 5.10. The molecule has 2 aromatic rings. The number of carbonyl (C=O) groups excluding carboxylic acids is 2.